The Kier molecular flexibility index (Phi) is 8.36. The zero-order chi connectivity index (χ0) is 30.7. The van der Waals surface area contributed by atoms with Crippen molar-refractivity contribution in [3.63, 3.8) is 0 Å². The molecule has 3 N–H and O–H groups in total. The second-order valence-corrected chi connectivity index (χ2v) is 12.3. The van der Waals surface area contributed by atoms with Crippen LogP contribution in [0, 0.1) is 18.6 Å². The summed E-state index contributed by atoms with van der Waals surface area (Å²) in [6.45, 7) is 3.65. The number of anilines is 2. The van der Waals surface area contributed by atoms with E-state index < -0.39 is 27.4 Å². The van der Waals surface area contributed by atoms with Gasteiger partial charge in [0.15, 0.2) is 0 Å². The van der Waals surface area contributed by atoms with E-state index in [0.717, 1.165) is 37.6 Å². The summed E-state index contributed by atoms with van der Waals surface area (Å²) >= 11 is 0. The summed E-state index contributed by atoms with van der Waals surface area (Å²) in [7, 11) is -4.17. The fourth-order valence-corrected chi connectivity index (χ4v) is 6.45. The molecule has 0 saturated carbocycles. The number of benzene rings is 3. The van der Waals surface area contributed by atoms with Crippen molar-refractivity contribution in [2.24, 2.45) is 0 Å². The van der Waals surface area contributed by atoms with Crippen LogP contribution in [0.1, 0.15) is 24.0 Å². The van der Waals surface area contributed by atoms with E-state index in [-0.39, 0.29) is 28.6 Å². The van der Waals surface area contributed by atoms with E-state index in [2.05, 4.69) is 25.3 Å². The first-order chi connectivity index (χ1) is 21.3. The molecule has 1 atom stereocenters. The molecule has 0 aliphatic carbocycles. The van der Waals surface area contributed by atoms with E-state index in [0.29, 0.717) is 28.3 Å². The molecule has 44 heavy (non-hydrogen) atoms. The third kappa shape index (κ3) is 6.46. The number of hydrogen-bond donors (Lipinski definition) is 3. The van der Waals surface area contributed by atoms with Crippen molar-refractivity contribution >= 4 is 32.4 Å². The lowest BCUT2D eigenvalue weighted by molar-refractivity contribution is 0.466. The van der Waals surface area contributed by atoms with Gasteiger partial charge in [-0.2, -0.15) is 0 Å². The van der Waals surface area contributed by atoms with Crippen LogP contribution in [0.5, 0.6) is 11.6 Å². The second-order valence-electron chi connectivity index (χ2n) is 10.6. The van der Waals surface area contributed by atoms with Crippen molar-refractivity contribution in [2.45, 2.75) is 31.6 Å². The molecule has 226 valence electrons. The average Bonchev–Trinajstić information content (AvgIpc) is 3.02. The number of halogens is 2. The molecule has 6 rings (SSSR count). The Bertz CT molecular complexity index is 1930. The van der Waals surface area contributed by atoms with Gasteiger partial charge < -0.3 is 15.4 Å². The smallest absolute Gasteiger partial charge is 0.237 e. The standard InChI is InChI=1S/C32H30F2N6O3S/c1-20-10-11-23-24(12-13-27(34)29(23)40-44(41,42)19-21-6-2-3-9-26(21)33)30(20)43-31-25(8-5-16-36-31)28-14-17-37-32(39-28)38-22-7-4-15-35-18-22/h2-3,5-6,8-14,16-17,22,35,40H,4,7,15,18-19H2,1H3,(H,37,38,39)/t22-/m0/s1. The summed E-state index contributed by atoms with van der Waals surface area (Å²) in [4.78, 5) is 13.6. The number of piperidine rings is 1. The predicted molar refractivity (Wildman–Crippen MR) is 166 cm³/mol. The maximum atomic E-state index is 15.1. The van der Waals surface area contributed by atoms with E-state index in [1.807, 2.05) is 13.0 Å². The molecular weight excluding hydrogens is 586 g/mol. The van der Waals surface area contributed by atoms with Crippen LogP contribution in [-0.2, 0) is 15.8 Å². The normalized spacial score (nSPS) is 15.2. The number of hydrogen-bond acceptors (Lipinski definition) is 8. The van der Waals surface area contributed by atoms with E-state index >= 15 is 4.39 Å². The lowest BCUT2D eigenvalue weighted by Crippen LogP contribution is -2.38. The van der Waals surface area contributed by atoms with Crippen molar-refractivity contribution in [2.75, 3.05) is 23.1 Å². The Labute approximate surface area is 253 Å². The van der Waals surface area contributed by atoms with Crippen LogP contribution in [0.25, 0.3) is 22.0 Å². The van der Waals surface area contributed by atoms with Gasteiger partial charge in [0.1, 0.15) is 17.4 Å². The van der Waals surface area contributed by atoms with Gasteiger partial charge in [0.25, 0.3) is 0 Å². The number of aromatic nitrogens is 3. The molecule has 0 unspecified atom stereocenters. The number of pyridine rings is 1. The van der Waals surface area contributed by atoms with Gasteiger partial charge in [-0.15, -0.1) is 0 Å². The van der Waals surface area contributed by atoms with E-state index in [9.17, 15) is 12.8 Å². The van der Waals surface area contributed by atoms with Crippen molar-refractivity contribution in [1.82, 2.24) is 20.3 Å². The summed E-state index contributed by atoms with van der Waals surface area (Å²) in [5.41, 5.74) is 1.65. The van der Waals surface area contributed by atoms with Crippen molar-refractivity contribution in [1.29, 1.82) is 0 Å². The quantitative estimate of drug-likeness (QED) is 0.180. The van der Waals surface area contributed by atoms with Gasteiger partial charge in [-0.1, -0.05) is 30.3 Å². The van der Waals surface area contributed by atoms with Crippen LogP contribution in [0.2, 0.25) is 0 Å². The number of ether oxygens (including phenoxy) is 1. The average molecular weight is 617 g/mol. The first-order valence-electron chi connectivity index (χ1n) is 14.2. The molecule has 12 heteroatoms. The van der Waals surface area contributed by atoms with Gasteiger partial charge in [-0.3, -0.25) is 4.72 Å². The van der Waals surface area contributed by atoms with Crippen molar-refractivity contribution in [3.8, 4) is 22.9 Å². The number of fused-ring (bicyclic) bond motifs is 1. The molecule has 3 heterocycles. The van der Waals surface area contributed by atoms with Crippen molar-refractivity contribution in [3.05, 3.63) is 102 Å². The molecular formula is C32H30F2N6O3S. The minimum Gasteiger partial charge on any atom is -0.437 e. The molecule has 1 aliphatic rings. The Hall–Kier alpha value is -4.68. The van der Waals surface area contributed by atoms with Crippen LogP contribution < -0.4 is 20.1 Å². The lowest BCUT2D eigenvalue weighted by atomic mass is 10.0. The molecule has 0 amide bonds. The summed E-state index contributed by atoms with van der Waals surface area (Å²) < 4.78 is 64.0. The van der Waals surface area contributed by atoms with Gasteiger partial charge in [0.2, 0.25) is 21.9 Å². The van der Waals surface area contributed by atoms with E-state index in [4.69, 9.17) is 9.72 Å². The molecule has 0 bridgehead atoms. The number of rotatable bonds is 9. The molecule has 0 spiro atoms. The zero-order valence-electron chi connectivity index (χ0n) is 23.8. The van der Waals surface area contributed by atoms with Crippen LogP contribution >= 0.6 is 0 Å². The number of sulfonamides is 1. The number of nitrogens with zero attached hydrogens (tertiary/aromatic N) is 3. The molecule has 1 fully saturated rings. The lowest BCUT2D eigenvalue weighted by Gasteiger charge is -2.23. The molecule has 3 aromatic carbocycles. The first kappa shape index (κ1) is 29.4. The zero-order valence-corrected chi connectivity index (χ0v) is 24.7. The van der Waals surface area contributed by atoms with Crippen LogP contribution in [-0.4, -0.2) is 42.5 Å². The highest BCUT2D eigenvalue weighted by molar-refractivity contribution is 7.91. The van der Waals surface area contributed by atoms with Crippen LogP contribution in [0.15, 0.2) is 79.1 Å². The third-order valence-electron chi connectivity index (χ3n) is 7.39. The maximum absolute atomic E-state index is 15.1. The van der Waals surface area contributed by atoms with Gasteiger partial charge in [-0.25, -0.2) is 32.2 Å². The van der Waals surface area contributed by atoms with Crippen molar-refractivity contribution < 1.29 is 21.9 Å². The highest BCUT2D eigenvalue weighted by Gasteiger charge is 2.22. The Balaban J connectivity index is 1.33. The molecule has 2 aromatic heterocycles. The fraction of sp³-hybridized carbons (Fsp3) is 0.219. The largest absolute Gasteiger partial charge is 0.437 e. The monoisotopic (exact) mass is 616 g/mol. The summed E-state index contributed by atoms with van der Waals surface area (Å²) in [6.07, 6.45) is 5.35. The summed E-state index contributed by atoms with van der Waals surface area (Å²) in [6, 6.07) is 17.2. The highest BCUT2D eigenvalue weighted by Crippen LogP contribution is 2.40. The summed E-state index contributed by atoms with van der Waals surface area (Å²) in [5, 5.41) is 7.48. The minimum absolute atomic E-state index is 0.0262. The van der Waals surface area contributed by atoms with Gasteiger partial charge in [0, 0.05) is 41.3 Å². The molecule has 1 saturated heterocycles. The van der Waals surface area contributed by atoms with Crippen LogP contribution in [0.4, 0.5) is 20.4 Å². The van der Waals surface area contributed by atoms with Gasteiger partial charge in [0.05, 0.1) is 22.7 Å². The van der Waals surface area contributed by atoms with Gasteiger partial charge in [-0.05, 0) is 68.3 Å². The molecule has 1 aliphatic heterocycles. The Morgan fingerprint density at radius 3 is 2.61 bits per heavy atom. The van der Waals surface area contributed by atoms with E-state index in [1.165, 1.54) is 30.3 Å². The van der Waals surface area contributed by atoms with Crippen LogP contribution in [0.3, 0.4) is 0 Å². The third-order valence-corrected chi connectivity index (χ3v) is 8.60. The predicted octanol–water partition coefficient (Wildman–Crippen LogP) is 6.18. The maximum Gasteiger partial charge on any atom is 0.237 e. The topological polar surface area (TPSA) is 118 Å². The number of nitrogens with one attached hydrogen (secondary N) is 3. The second kappa shape index (κ2) is 12.5. The highest BCUT2D eigenvalue weighted by atomic mass is 32.2. The molecule has 0 radical (unpaired) electrons. The SMILES string of the molecule is Cc1ccc2c(NS(=O)(=O)Cc3ccccc3F)c(F)ccc2c1Oc1ncccc1-c1ccnc(N[C@H]2CCCNC2)n1. The Morgan fingerprint density at radius 2 is 1.80 bits per heavy atom. The Morgan fingerprint density at radius 1 is 0.955 bits per heavy atom. The van der Waals surface area contributed by atoms with Gasteiger partial charge >= 0.3 is 0 Å². The first-order valence-corrected chi connectivity index (χ1v) is 15.8. The summed E-state index contributed by atoms with van der Waals surface area (Å²) in [5.74, 6) is -0.968. The van der Waals surface area contributed by atoms with E-state index in [1.54, 1.807) is 36.7 Å². The fourth-order valence-electron chi connectivity index (χ4n) is 5.21. The number of aryl methyl sites for hydroxylation is 1. The molecule has 5 aromatic rings. The minimum atomic E-state index is -4.17. The molecule has 9 nitrogen and oxygen atoms in total.